The van der Waals surface area contributed by atoms with Gasteiger partial charge in [-0.2, -0.15) is 0 Å². The van der Waals surface area contributed by atoms with Crippen molar-refractivity contribution in [1.29, 1.82) is 0 Å². The third-order valence-electron chi connectivity index (χ3n) is 3.46. The molecule has 23 heavy (non-hydrogen) atoms. The molecule has 0 bridgehead atoms. The van der Waals surface area contributed by atoms with Gasteiger partial charge in [0.1, 0.15) is 16.7 Å². The van der Waals surface area contributed by atoms with E-state index in [1.54, 1.807) is 13.0 Å². The van der Waals surface area contributed by atoms with Gasteiger partial charge in [0, 0.05) is 6.07 Å². The predicted octanol–water partition coefficient (Wildman–Crippen LogP) is 1.15. The number of carbonyl (C=O) groups excluding carboxylic acids is 2. The zero-order valence-corrected chi connectivity index (χ0v) is 13.1. The van der Waals surface area contributed by atoms with Gasteiger partial charge in [-0.3, -0.25) is 9.59 Å². The lowest BCUT2D eigenvalue weighted by Crippen LogP contribution is -2.45. The molecule has 0 aliphatic carbocycles. The van der Waals surface area contributed by atoms with Crippen LogP contribution in [-0.2, 0) is 14.8 Å². The van der Waals surface area contributed by atoms with Crippen LogP contribution < -0.4 is 5.32 Å². The van der Waals surface area contributed by atoms with Crippen molar-refractivity contribution in [1.82, 2.24) is 9.46 Å². The Labute approximate surface area is 132 Å². The van der Waals surface area contributed by atoms with E-state index in [0.29, 0.717) is 10.1 Å². The van der Waals surface area contributed by atoms with Gasteiger partial charge >= 0.3 is 0 Å². The second-order valence-electron chi connectivity index (χ2n) is 5.09. The maximum absolute atomic E-state index is 12.5. The molecule has 1 aliphatic heterocycles. The molecule has 0 saturated carbocycles. The number of nitrogens with zero attached hydrogens (tertiary/aromatic N) is 2. The van der Waals surface area contributed by atoms with Gasteiger partial charge in [-0.15, -0.1) is 0 Å². The average molecular weight is 335 g/mol. The van der Waals surface area contributed by atoms with E-state index in [1.165, 1.54) is 31.2 Å². The zero-order chi connectivity index (χ0) is 16.8. The van der Waals surface area contributed by atoms with Crippen molar-refractivity contribution in [3.8, 4) is 0 Å². The quantitative estimate of drug-likeness (QED) is 0.901. The van der Waals surface area contributed by atoms with E-state index < -0.39 is 27.9 Å². The molecule has 1 aromatic heterocycles. The fraction of sp³-hybridized carbons (Fsp3) is 0.214. The summed E-state index contributed by atoms with van der Waals surface area (Å²) in [4.78, 5) is 24.5. The smallest absolute Gasteiger partial charge is 0.269 e. The number of benzene rings is 1. The molecule has 0 unspecified atom stereocenters. The van der Waals surface area contributed by atoms with Crippen LogP contribution in [0.5, 0.6) is 0 Å². The number of hydrogen-bond acceptors (Lipinski definition) is 6. The summed E-state index contributed by atoms with van der Waals surface area (Å²) in [5.41, 5.74) is 0.0597. The number of nitrogens with one attached hydrogen (secondary N) is 1. The van der Waals surface area contributed by atoms with Crippen LogP contribution in [0.25, 0.3) is 0 Å². The molecule has 1 atom stereocenters. The number of anilines is 1. The first kappa shape index (κ1) is 15.2. The van der Waals surface area contributed by atoms with E-state index in [2.05, 4.69) is 10.5 Å². The van der Waals surface area contributed by atoms with Crippen molar-refractivity contribution in [2.75, 3.05) is 5.32 Å². The topological polar surface area (TPSA) is 110 Å². The van der Waals surface area contributed by atoms with Crippen LogP contribution in [0.4, 0.5) is 5.82 Å². The summed E-state index contributed by atoms with van der Waals surface area (Å²) in [5, 5.41) is 6.02. The molecule has 1 aromatic carbocycles. The Morgan fingerprint density at radius 2 is 2.04 bits per heavy atom. The molecule has 1 aliphatic rings. The van der Waals surface area contributed by atoms with Gasteiger partial charge in [0.25, 0.3) is 15.9 Å². The Morgan fingerprint density at radius 1 is 1.35 bits per heavy atom. The highest BCUT2D eigenvalue weighted by Crippen LogP contribution is 2.31. The second-order valence-corrected chi connectivity index (χ2v) is 6.87. The van der Waals surface area contributed by atoms with Crippen molar-refractivity contribution < 1.29 is 22.5 Å². The third-order valence-corrected chi connectivity index (χ3v) is 5.38. The molecule has 8 nitrogen and oxygen atoms in total. The lowest BCUT2D eigenvalue weighted by atomic mass is 10.2. The fourth-order valence-corrected chi connectivity index (χ4v) is 4.07. The molecule has 120 valence electrons. The van der Waals surface area contributed by atoms with Gasteiger partial charge in [0.2, 0.25) is 5.91 Å². The minimum atomic E-state index is -4.05. The van der Waals surface area contributed by atoms with Crippen LogP contribution in [-0.4, -0.2) is 35.7 Å². The highest BCUT2D eigenvalue weighted by Gasteiger charge is 2.45. The normalized spacial score (nSPS) is 17.0. The molecule has 1 N–H and O–H groups in total. The Kier molecular flexibility index (Phi) is 3.44. The minimum absolute atomic E-state index is 0.0597. The first-order chi connectivity index (χ1) is 10.8. The van der Waals surface area contributed by atoms with Crippen LogP contribution in [0.2, 0.25) is 0 Å². The first-order valence-corrected chi connectivity index (χ1v) is 8.18. The van der Waals surface area contributed by atoms with E-state index in [0.717, 1.165) is 0 Å². The highest BCUT2D eigenvalue weighted by molar-refractivity contribution is 7.90. The molecule has 0 radical (unpaired) electrons. The molecule has 0 saturated heterocycles. The highest BCUT2D eigenvalue weighted by atomic mass is 32.2. The number of rotatable bonds is 3. The van der Waals surface area contributed by atoms with Crippen LogP contribution in [0, 0.1) is 6.92 Å². The Morgan fingerprint density at radius 3 is 2.65 bits per heavy atom. The largest absolute Gasteiger partial charge is 0.360 e. The lowest BCUT2D eigenvalue weighted by molar-refractivity contribution is -0.118. The van der Waals surface area contributed by atoms with Crippen molar-refractivity contribution in [2.45, 2.75) is 24.8 Å². The SMILES string of the molecule is Cc1cc(NC(=O)[C@@H](C)N2C(=O)c3ccccc3S2(=O)=O)no1. The standard InChI is InChI=1S/C14H13N3O5S/c1-8-7-12(16-22-8)15-13(18)9(2)17-14(19)10-5-3-4-6-11(10)23(17,20)21/h3-7,9H,1-2H3,(H,15,16,18)/t9-/m1/s1. The average Bonchev–Trinajstić information content (AvgIpc) is 2.99. The van der Waals surface area contributed by atoms with Gasteiger partial charge in [-0.1, -0.05) is 17.3 Å². The van der Waals surface area contributed by atoms with Crippen LogP contribution >= 0.6 is 0 Å². The van der Waals surface area contributed by atoms with Crippen LogP contribution in [0.3, 0.4) is 0 Å². The predicted molar refractivity (Wildman–Crippen MR) is 79.1 cm³/mol. The number of aryl methyl sites for hydroxylation is 1. The summed E-state index contributed by atoms with van der Waals surface area (Å²) in [5.74, 6) is -0.756. The van der Waals surface area contributed by atoms with Crippen LogP contribution in [0.1, 0.15) is 23.0 Å². The first-order valence-electron chi connectivity index (χ1n) is 6.74. The molecule has 9 heteroatoms. The summed E-state index contributed by atoms with van der Waals surface area (Å²) >= 11 is 0. The third kappa shape index (κ3) is 2.38. The summed E-state index contributed by atoms with van der Waals surface area (Å²) in [6.45, 7) is 2.99. The molecule has 2 amide bonds. The van der Waals surface area contributed by atoms with Gasteiger partial charge in [0.15, 0.2) is 5.82 Å². The summed E-state index contributed by atoms with van der Waals surface area (Å²) in [6, 6.07) is 6.11. The molecule has 0 spiro atoms. The van der Waals surface area contributed by atoms with Gasteiger partial charge in [-0.25, -0.2) is 12.7 Å². The van der Waals surface area contributed by atoms with Gasteiger partial charge < -0.3 is 9.84 Å². The van der Waals surface area contributed by atoms with Crippen molar-refractivity contribution in [3.63, 3.8) is 0 Å². The Bertz CT molecular complexity index is 903. The number of fused-ring (bicyclic) bond motifs is 1. The van der Waals surface area contributed by atoms with E-state index in [4.69, 9.17) is 4.52 Å². The Balaban J connectivity index is 1.90. The maximum Gasteiger partial charge on any atom is 0.269 e. The van der Waals surface area contributed by atoms with E-state index in [9.17, 15) is 18.0 Å². The summed E-state index contributed by atoms with van der Waals surface area (Å²) < 4.78 is 30.4. The molecular weight excluding hydrogens is 322 g/mol. The van der Waals surface area contributed by atoms with Crippen LogP contribution in [0.15, 0.2) is 39.8 Å². The number of sulfonamides is 1. The minimum Gasteiger partial charge on any atom is -0.360 e. The van der Waals surface area contributed by atoms with E-state index >= 15 is 0 Å². The Hall–Kier alpha value is -2.68. The molecule has 2 heterocycles. The molecule has 0 fully saturated rings. The lowest BCUT2D eigenvalue weighted by Gasteiger charge is -2.21. The zero-order valence-electron chi connectivity index (χ0n) is 12.3. The summed E-state index contributed by atoms with van der Waals surface area (Å²) in [6.07, 6.45) is 0. The number of carbonyl (C=O) groups is 2. The van der Waals surface area contributed by atoms with E-state index in [-0.39, 0.29) is 16.3 Å². The number of hydrogen-bond donors (Lipinski definition) is 1. The van der Waals surface area contributed by atoms with E-state index in [1.807, 2.05) is 0 Å². The van der Waals surface area contributed by atoms with Gasteiger partial charge in [-0.05, 0) is 26.0 Å². The molecular formula is C14H13N3O5S. The van der Waals surface area contributed by atoms with Crippen molar-refractivity contribution >= 4 is 27.7 Å². The molecule has 2 aromatic rings. The van der Waals surface area contributed by atoms with Crippen molar-refractivity contribution in [2.24, 2.45) is 0 Å². The molecule has 3 rings (SSSR count). The number of aromatic nitrogens is 1. The fourth-order valence-electron chi connectivity index (χ4n) is 2.35. The second kappa shape index (κ2) is 5.20. The van der Waals surface area contributed by atoms with Gasteiger partial charge in [0.05, 0.1) is 5.56 Å². The number of amides is 2. The van der Waals surface area contributed by atoms with Crippen molar-refractivity contribution in [3.05, 3.63) is 41.7 Å². The summed E-state index contributed by atoms with van der Waals surface area (Å²) in [7, 11) is -4.05. The maximum atomic E-state index is 12.5. The monoisotopic (exact) mass is 335 g/mol.